The van der Waals surface area contributed by atoms with Gasteiger partial charge in [0.2, 0.25) is 5.95 Å². The van der Waals surface area contributed by atoms with Gasteiger partial charge in [0, 0.05) is 18.6 Å². The van der Waals surface area contributed by atoms with Crippen molar-refractivity contribution in [2.45, 2.75) is 44.6 Å². The van der Waals surface area contributed by atoms with Gasteiger partial charge in [0.15, 0.2) is 0 Å². The Morgan fingerprint density at radius 3 is 2.43 bits per heavy atom. The van der Waals surface area contributed by atoms with Gasteiger partial charge in [0.05, 0.1) is 17.4 Å². The van der Waals surface area contributed by atoms with Crippen LogP contribution in [-0.4, -0.2) is 44.8 Å². The highest BCUT2D eigenvalue weighted by Gasteiger charge is 2.24. The number of piperidine rings is 1. The summed E-state index contributed by atoms with van der Waals surface area (Å²) < 4.78 is 2.11. The first kappa shape index (κ1) is 14.6. The fourth-order valence-electron chi connectivity index (χ4n) is 3.20. The van der Waals surface area contributed by atoms with Gasteiger partial charge in [-0.3, -0.25) is 4.68 Å². The first-order valence-corrected chi connectivity index (χ1v) is 8.52. The van der Waals surface area contributed by atoms with Crippen LogP contribution in [0.5, 0.6) is 0 Å². The van der Waals surface area contributed by atoms with E-state index in [2.05, 4.69) is 38.1 Å². The predicted octanol–water partition coefficient (Wildman–Crippen LogP) is 2.87. The van der Waals surface area contributed by atoms with Gasteiger partial charge in [0.25, 0.3) is 0 Å². The standard InChI is InChI=1S/C17H24N6/c1-12-16(11-23(21-12)15-5-7-22(2)8-6-15)20-17-18-9-14(10-19-17)13-3-4-13/h9-11,13,15H,3-8H2,1-2H3,(H,18,19,20). The van der Waals surface area contributed by atoms with Crippen molar-refractivity contribution in [2.24, 2.45) is 0 Å². The highest BCUT2D eigenvalue weighted by molar-refractivity contribution is 5.54. The van der Waals surface area contributed by atoms with Gasteiger partial charge < -0.3 is 10.2 Å². The van der Waals surface area contributed by atoms with E-state index in [1.54, 1.807) is 0 Å². The zero-order chi connectivity index (χ0) is 15.8. The van der Waals surface area contributed by atoms with Gasteiger partial charge >= 0.3 is 0 Å². The smallest absolute Gasteiger partial charge is 0.227 e. The van der Waals surface area contributed by atoms with Crippen LogP contribution < -0.4 is 5.32 Å². The molecule has 0 amide bonds. The summed E-state index contributed by atoms with van der Waals surface area (Å²) in [5.41, 5.74) is 3.26. The highest BCUT2D eigenvalue weighted by Crippen LogP contribution is 2.39. The van der Waals surface area contributed by atoms with E-state index < -0.39 is 0 Å². The van der Waals surface area contributed by atoms with Gasteiger partial charge in [-0.1, -0.05) is 0 Å². The summed E-state index contributed by atoms with van der Waals surface area (Å²) in [7, 11) is 2.18. The second-order valence-electron chi connectivity index (χ2n) is 6.88. The topological polar surface area (TPSA) is 58.9 Å². The van der Waals surface area contributed by atoms with E-state index in [9.17, 15) is 0 Å². The molecule has 0 bridgehead atoms. The molecule has 1 saturated carbocycles. The van der Waals surface area contributed by atoms with Crippen LogP contribution in [0, 0.1) is 6.92 Å². The van der Waals surface area contributed by atoms with Crippen molar-refractivity contribution < 1.29 is 0 Å². The van der Waals surface area contributed by atoms with Gasteiger partial charge in [-0.2, -0.15) is 5.10 Å². The second-order valence-corrected chi connectivity index (χ2v) is 6.88. The van der Waals surface area contributed by atoms with Crippen molar-refractivity contribution in [3.63, 3.8) is 0 Å². The molecule has 0 atom stereocenters. The molecule has 2 fully saturated rings. The Bertz CT molecular complexity index is 665. The van der Waals surface area contributed by atoms with Crippen molar-refractivity contribution in [1.82, 2.24) is 24.6 Å². The lowest BCUT2D eigenvalue weighted by Gasteiger charge is -2.28. The van der Waals surface area contributed by atoms with Crippen LogP contribution in [0.1, 0.15) is 48.9 Å². The molecule has 1 aliphatic carbocycles. The fourth-order valence-corrected chi connectivity index (χ4v) is 3.20. The van der Waals surface area contributed by atoms with Gasteiger partial charge in [0.1, 0.15) is 0 Å². The minimum Gasteiger partial charge on any atom is -0.321 e. The average molecular weight is 312 g/mol. The molecule has 122 valence electrons. The summed E-state index contributed by atoms with van der Waals surface area (Å²) in [5.74, 6) is 1.35. The minimum atomic E-state index is 0.499. The van der Waals surface area contributed by atoms with Crippen molar-refractivity contribution in [3.8, 4) is 0 Å². The van der Waals surface area contributed by atoms with E-state index in [-0.39, 0.29) is 0 Å². The number of hydrogen-bond acceptors (Lipinski definition) is 5. The molecule has 0 unspecified atom stereocenters. The van der Waals surface area contributed by atoms with Gasteiger partial charge in [-0.15, -0.1) is 0 Å². The number of anilines is 2. The maximum absolute atomic E-state index is 4.69. The van der Waals surface area contributed by atoms with E-state index in [0.717, 1.165) is 37.3 Å². The molecule has 2 aliphatic rings. The molecule has 4 rings (SSSR count). The maximum atomic E-state index is 4.69. The first-order chi connectivity index (χ1) is 11.2. The molecule has 3 heterocycles. The number of aryl methyl sites for hydroxylation is 1. The summed E-state index contributed by atoms with van der Waals surface area (Å²) in [4.78, 5) is 11.3. The highest BCUT2D eigenvalue weighted by atomic mass is 15.3. The van der Waals surface area contributed by atoms with E-state index in [1.807, 2.05) is 19.3 Å². The maximum Gasteiger partial charge on any atom is 0.227 e. The molecule has 1 aliphatic heterocycles. The van der Waals surface area contributed by atoms with E-state index in [0.29, 0.717) is 17.9 Å². The molecular weight excluding hydrogens is 288 g/mol. The van der Waals surface area contributed by atoms with Crippen molar-refractivity contribution in [1.29, 1.82) is 0 Å². The number of likely N-dealkylation sites (tertiary alicyclic amines) is 1. The second kappa shape index (κ2) is 5.92. The molecule has 6 nitrogen and oxygen atoms in total. The molecule has 0 aromatic carbocycles. The Balaban J connectivity index is 1.46. The van der Waals surface area contributed by atoms with Gasteiger partial charge in [-0.25, -0.2) is 9.97 Å². The summed E-state index contributed by atoms with van der Waals surface area (Å²) in [5, 5.41) is 8.00. The quantitative estimate of drug-likeness (QED) is 0.940. The molecule has 2 aromatic rings. The van der Waals surface area contributed by atoms with E-state index >= 15 is 0 Å². The van der Waals surface area contributed by atoms with Crippen LogP contribution in [0.15, 0.2) is 18.6 Å². The normalized spacial score (nSPS) is 19.9. The largest absolute Gasteiger partial charge is 0.321 e. The van der Waals surface area contributed by atoms with Crippen LogP contribution >= 0.6 is 0 Å². The summed E-state index contributed by atoms with van der Waals surface area (Å²) in [6, 6.07) is 0.499. The SMILES string of the molecule is Cc1nn(C2CCN(C)CC2)cc1Nc1ncc(C2CC2)cn1. The lowest BCUT2D eigenvalue weighted by molar-refractivity contribution is 0.212. The molecular formula is C17H24N6. The molecule has 23 heavy (non-hydrogen) atoms. The first-order valence-electron chi connectivity index (χ1n) is 8.52. The van der Waals surface area contributed by atoms with Crippen molar-refractivity contribution in [2.75, 3.05) is 25.5 Å². The molecule has 2 aromatic heterocycles. The Labute approximate surface area is 136 Å². The minimum absolute atomic E-state index is 0.499. The predicted molar refractivity (Wildman–Crippen MR) is 90.0 cm³/mol. The lowest BCUT2D eigenvalue weighted by Crippen LogP contribution is -2.31. The Morgan fingerprint density at radius 1 is 1.09 bits per heavy atom. The Hall–Kier alpha value is -1.95. The lowest BCUT2D eigenvalue weighted by atomic mass is 10.1. The number of nitrogens with one attached hydrogen (secondary N) is 1. The molecule has 6 heteroatoms. The average Bonchev–Trinajstić information content (AvgIpc) is 3.34. The molecule has 0 radical (unpaired) electrons. The molecule has 1 saturated heterocycles. The number of rotatable bonds is 4. The van der Waals surface area contributed by atoms with Crippen LogP contribution in [0.4, 0.5) is 11.6 Å². The third kappa shape index (κ3) is 3.22. The van der Waals surface area contributed by atoms with Crippen molar-refractivity contribution in [3.05, 3.63) is 29.8 Å². The summed E-state index contributed by atoms with van der Waals surface area (Å²) >= 11 is 0. The third-order valence-corrected chi connectivity index (χ3v) is 4.95. The molecule has 1 N–H and O–H groups in total. The zero-order valence-corrected chi connectivity index (χ0v) is 13.9. The Morgan fingerprint density at radius 2 is 1.78 bits per heavy atom. The van der Waals surface area contributed by atoms with Crippen LogP contribution in [-0.2, 0) is 0 Å². The van der Waals surface area contributed by atoms with E-state index in [1.165, 1.54) is 18.4 Å². The molecule has 0 spiro atoms. The monoisotopic (exact) mass is 312 g/mol. The van der Waals surface area contributed by atoms with Crippen molar-refractivity contribution >= 4 is 11.6 Å². The number of aromatic nitrogens is 4. The van der Waals surface area contributed by atoms with Crippen LogP contribution in [0.2, 0.25) is 0 Å². The zero-order valence-electron chi connectivity index (χ0n) is 13.9. The number of hydrogen-bond donors (Lipinski definition) is 1. The van der Waals surface area contributed by atoms with E-state index in [4.69, 9.17) is 5.10 Å². The third-order valence-electron chi connectivity index (χ3n) is 4.95. The van der Waals surface area contributed by atoms with Gasteiger partial charge in [-0.05, 0) is 64.2 Å². The number of nitrogens with zero attached hydrogens (tertiary/aromatic N) is 5. The van der Waals surface area contributed by atoms with Crippen LogP contribution in [0.25, 0.3) is 0 Å². The summed E-state index contributed by atoms with van der Waals surface area (Å²) in [6.45, 7) is 4.31. The fraction of sp³-hybridized carbons (Fsp3) is 0.588. The Kier molecular flexibility index (Phi) is 3.77. The van der Waals surface area contributed by atoms with Crippen LogP contribution in [0.3, 0.4) is 0 Å². The summed E-state index contributed by atoms with van der Waals surface area (Å²) in [6.07, 6.45) is 10.9.